The van der Waals surface area contributed by atoms with Crippen LogP contribution in [0.2, 0.25) is 0 Å². The maximum Gasteiger partial charge on any atom is 0.133 e. The van der Waals surface area contributed by atoms with Gasteiger partial charge in [0, 0.05) is 12.1 Å². The Morgan fingerprint density at radius 3 is 2.67 bits per heavy atom. The van der Waals surface area contributed by atoms with Crippen molar-refractivity contribution in [1.82, 2.24) is 5.32 Å². The summed E-state index contributed by atoms with van der Waals surface area (Å²) in [5, 5.41) is 21.9. The average molecular weight is 358 g/mol. The maximum atomic E-state index is 9.89. The van der Waals surface area contributed by atoms with Crippen molar-refractivity contribution in [2.75, 3.05) is 19.8 Å². The van der Waals surface area contributed by atoms with E-state index in [-0.39, 0.29) is 18.8 Å². The van der Waals surface area contributed by atoms with Gasteiger partial charge in [-0.2, -0.15) is 0 Å². The van der Waals surface area contributed by atoms with E-state index in [9.17, 15) is 5.11 Å². The van der Waals surface area contributed by atoms with E-state index < -0.39 is 6.10 Å². The van der Waals surface area contributed by atoms with Crippen LogP contribution in [0.25, 0.3) is 6.08 Å². The molecule has 0 aliphatic heterocycles. The molecule has 1 aromatic carbocycles. The highest BCUT2D eigenvalue weighted by molar-refractivity contribution is 9.10. The van der Waals surface area contributed by atoms with Crippen LogP contribution in [0.5, 0.6) is 5.75 Å². The minimum absolute atomic E-state index is 0.0167. The highest BCUT2D eigenvalue weighted by Crippen LogP contribution is 2.26. The van der Waals surface area contributed by atoms with Crippen LogP contribution >= 0.6 is 15.9 Å². The topological polar surface area (TPSA) is 61.7 Å². The number of hydrogen-bond acceptors (Lipinski definition) is 4. The lowest BCUT2D eigenvalue weighted by atomic mass is 10.1. The van der Waals surface area contributed by atoms with E-state index in [1.165, 1.54) is 0 Å². The molecule has 0 aliphatic carbocycles. The van der Waals surface area contributed by atoms with E-state index in [4.69, 9.17) is 9.84 Å². The molecule has 0 bridgehead atoms. The zero-order valence-corrected chi connectivity index (χ0v) is 14.4. The van der Waals surface area contributed by atoms with Crippen molar-refractivity contribution in [3.63, 3.8) is 0 Å². The lowest BCUT2D eigenvalue weighted by molar-refractivity contribution is 0.0997. The Morgan fingerprint density at radius 1 is 1.38 bits per heavy atom. The molecule has 5 heteroatoms. The van der Waals surface area contributed by atoms with Gasteiger partial charge in [0.2, 0.25) is 0 Å². The van der Waals surface area contributed by atoms with E-state index in [1.54, 1.807) is 6.08 Å². The van der Waals surface area contributed by atoms with Crippen LogP contribution in [-0.2, 0) is 0 Å². The van der Waals surface area contributed by atoms with Crippen LogP contribution in [0.4, 0.5) is 0 Å². The van der Waals surface area contributed by atoms with E-state index in [0.29, 0.717) is 12.3 Å². The molecule has 0 spiro atoms. The molecular weight excluding hydrogens is 334 g/mol. The van der Waals surface area contributed by atoms with Crippen molar-refractivity contribution < 1.29 is 14.9 Å². The first-order valence-electron chi connectivity index (χ1n) is 6.94. The van der Waals surface area contributed by atoms with Gasteiger partial charge in [-0.05, 0) is 54.4 Å². The van der Waals surface area contributed by atoms with Gasteiger partial charge in [0.05, 0.1) is 11.1 Å². The molecule has 3 N–H and O–H groups in total. The second-order valence-electron chi connectivity index (χ2n) is 5.87. The van der Waals surface area contributed by atoms with Gasteiger partial charge in [-0.15, -0.1) is 0 Å². The number of rotatable bonds is 7. The molecule has 0 amide bonds. The van der Waals surface area contributed by atoms with Crippen LogP contribution in [-0.4, -0.2) is 41.6 Å². The molecule has 1 atom stereocenters. The lowest BCUT2D eigenvalue weighted by Crippen LogP contribution is -2.42. The zero-order valence-electron chi connectivity index (χ0n) is 12.8. The number of benzene rings is 1. The fourth-order valence-corrected chi connectivity index (χ4v) is 2.11. The molecule has 1 rings (SSSR count). The van der Waals surface area contributed by atoms with Gasteiger partial charge < -0.3 is 20.3 Å². The van der Waals surface area contributed by atoms with E-state index in [0.717, 1.165) is 10.0 Å². The summed E-state index contributed by atoms with van der Waals surface area (Å²) in [7, 11) is 0. The lowest BCUT2D eigenvalue weighted by Gasteiger charge is -2.23. The van der Waals surface area contributed by atoms with Crippen molar-refractivity contribution in [3.05, 3.63) is 34.3 Å². The van der Waals surface area contributed by atoms with Gasteiger partial charge in [0.1, 0.15) is 18.5 Å². The summed E-state index contributed by atoms with van der Waals surface area (Å²) in [5.41, 5.74) is 0.945. The molecule has 4 nitrogen and oxygen atoms in total. The van der Waals surface area contributed by atoms with Crippen LogP contribution in [0.1, 0.15) is 26.3 Å². The van der Waals surface area contributed by atoms with Crippen molar-refractivity contribution in [3.8, 4) is 5.75 Å². The predicted molar refractivity (Wildman–Crippen MR) is 89.5 cm³/mol. The van der Waals surface area contributed by atoms with Gasteiger partial charge in [0.15, 0.2) is 0 Å². The Hall–Kier alpha value is -0.880. The van der Waals surface area contributed by atoms with E-state index in [2.05, 4.69) is 42.0 Å². The highest BCUT2D eigenvalue weighted by Gasteiger charge is 2.13. The Balaban J connectivity index is 2.50. The summed E-state index contributed by atoms with van der Waals surface area (Å²) in [4.78, 5) is 0. The third-order valence-corrected chi connectivity index (χ3v) is 3.29. The van der Waals surface area contributed by atoms with Crippen molar-refractivity contribution >= 4 is 22.0 Å². The third-order valence-electron chi connectivity index (χ3n) is 2.67. The van der Waals surface area contributed by atoms with Crippen molar-refractivity contribution in [2.45, 2.75) is 32.4 Å². The quantitative estimate of drug-likeness (QED) is 0.701. The number of ether oxygens (including phenoxy) is 1. The van der Waals surface area contributed by atoms with Crippen LogP contribution in [0.3, 0.4) is 0 Å². The summed E-state index contributed by atoms with van der Waals surface area (Å²) in [6.45, 7) is 6.89. The number of aliphatic hydroxyl groups is 2. The Bertz CT molecular complexity index is 469. The Labute approximate surface area is 135 Å². The minimum Gasteiger partial charge on any atom is -0.490 e. The second-order valence-corrected chi connectivity index (χ2v) is 6.72. The first kappa shape index (κ1) is 18.2. The molecular formula is C16H24BrNO3. The SMILES string of the molecule is CC(C)(C)NCC(O)COc1ccc(/C=C/CO)cc1Br. The molecule has 1 aromatic rings. The van der Waals surface area contributed by atoms with Crippen molar-refractivity contribution in [2.24, 2.45) is 0 Å². The molecule has 0 saturated carbocycles. The monoisotopic (exact) mass is 357 g/mol. The summed E-state index contributed by atoms with van der Waals surface area (Å²) >= 11 is 3.44. The molecule has 0 saturated heterocycles. The van der Waals surface area contributed by atoms with Gasteiger partial charge >= 0.3 is 0 Å². The summed E-state index contributed by atoms with van der Waals surface area (Å²) in [6, 6.07) is 5.64. The van der Waals surface area contributed by atoms with Crippen LogP contribution < -0.4 is 10.1 Å². The third kappa shape index (κ3) is 7.62. The summed E-state index contributed by atoms with van der Waals surface area (Å²) in [6.07, 6.45) is 2.94. The molecule has 0 fully saturated rings. The largest absolute Gasteiger partial charge is 0.490 e. The first-order valence-corrected chi connectivity index (χ1v) is 7.74. The van der Waals surface area contributed by atoms with Gasteiger partial charge in [-0.1, -0.05) is 18.2 Å². The zero-order chi connectivity index (χ0) is 15.9. The predicted octanol–water partition coefficient (Wildman–Crippen LogP) is 2.58. The van der Waals surface area contributed by atoms with Crippen LogP contribution in [0.15, 0.2) is 28.7 Å². The normalized spacial score (nSPS) is 13.6. The number of halogens is 1. The molecule has 1 unspecified atom stereocenters. The molecule has 0 aromatic heterocycles. The number of aliphatic hydroxyl groups excluding tert-OH is 2. The van der Waals surface area contributed by atoms with Gasteiger partial charge in [0.25, 0.3) is 0 Å². The highest BCUT2D eigenvalue weighted by atomic mass is 79.9. The maximum absolute atomic E-state index is 9.89. The number of β-amino-alcohol motifs (C(OH)–C–C–N with tert-alkyl or cyclic N) is 1. The van der Waals surface area contributed by atoms with Crippen molar-refractivity contribution in [1.29, 1.82) is 0 Å². The fraction of sp³-hybridized carbons (Fsp3) is 0.500. The molecule has 21 heavy (non-hydrogen) atoms. The first-order chi connectivity index (χ1) is 9.81. The molecule has 0 radical (unpaired) electrons. The Morgan fingerprint density at radius 2 is 2.10 bits per heavy atom. The van der Waals surface area contributed by atoms with Gasteiger partial charge in [-0.25, -0.2) is 0 Å². The van der Waals surface area contributed by atoms with E-state index >= 15 is 0 Å². The minimum atomic E-state index is -0.565. The van der Waals surface area contributed by atoms with E-state index in [1.807, 2.05) is 24.3 Å². The molecule has 0 aliphatic rings. The molecule has 0 heterocycles. The Kier molecular flexibility index (Phi) is 7.39. The molecule has 118 valence electrons. The smallest absolute Gasteiger partial charge is 0.133 e. The summed E-state index contributed by atoms with van der Waals surface area (Å²) < 4.78 is 6.43. The summed E-state index contributed by atoms with van der Waals surface area (Å²) in [5.74, 6) is 0.686. The van der Waals surface area contributed by atoms with Crippen LogP contribution in [0, 0.1) is 0 Å². The number of hydrogen-bond donors (Lipinski definition) is 3. The average Bonchev–Trinajstić information content (AvgIpc) is 2.41. The number of nitrogens with one attached hydrogen (secondary N) is 1. The second kappa shape index (κ2) is 8.54. The fourth-order valence-electron chi connectivity index (χ4n) is 1.60. The standard InChI is InChI=1S/C16H24BrNO3/c1-16(2,3)18-10-13(20)11-21-15-7-6-12(5-4-8-19)9-14(15)17/h4-7,9,13,18-20H,8,10-11H2,1-3H3/b5-4+. The van der Waals surface area contributed by atoms with Gasteiger partial charge in [-0.3, -0.25) is 0 Å².